The number of halogens is 1. The van der Waals surface area contributed by atoms with Gasteiger partial charge in [0.05, 0.1) is 25.3 Å². The van der Waals surface area contributed by atoms with Crippen molar-refractivity contribution in [3.05, 3.63) is 23.8 Å². The first kappa shape index (κ1) is 14.8. The van der Waals surface area contributed by atoms with Gasteiger partial charge < -0.3 is 9.47 Å². The molecular formula is C14H18BrNO2. The Balaban J connectivity index is 2.54. The second-order valence-corrected chi connectivity index (χ2v) is 4.99. The zero-order chi connectivity index (χ0) is 13.4. The van der Waals surface area contributed by atoms with Crippen molar-refractivity contribution in [1.82, 2.24) is 0 Å². The van der Waals surface area contributed by atoms with Crippen LogP contribution < -0.4 is 9.47 Å². The van der Waals surface area contributed by atoms with Crippen molar-refractivity contribution in [3.63, 3.8) is 0 Å². The fourth-order valence-corrected chi connectivity index (χ4v) is 2.34. The van der Waals surface area contributed by atoms with Crippen LogP contribution in [0.1, 0.15) is 25.3 Å². The van der Waals surface area contributed by atoms with Crippen LogP contribution in [-0.2, 0) is 0 Å². The molecule has 0 saturated heterocycles. The van der Waals surface area contributed by atoms with Crippen molar-refractivity contribution >= 4 is 15.9 Å². The second kappa shape index (κ2) is 7.99. The van der Waals surface area contributed by atoms with Gasteiger partial charge in [0.15, 0.2) is 11.5 Å². The van der Waals surface area contributed by atoms with Gasteiger partial charge in [0, 0.05) is 11.4 Å². The summed E-state index contributed by atoms with van der Waals surface area (Å²) in [5.41, 5.74) is 0.576. The maximum Gasteiger partial charge on any atom is 0.162 e. The number of ether oxygens (including phenoxy) is 2. The molecule has 0 aliphatic carbocycles. The van der Waals surface area contributed by atoms with Crippen LogP contribution in [0.5, 0.6) is 11.5 Å². The zero-order valence-electron chi connectivity index (χ0n) is 10.8. The lowest BCUT2D eigenvalue weighted by Gasteiger charge is -2.13. The van der Waals surface area contributed by atoms with E-state index in [0.29, 0.717) is 29.6 Å². The fourth-order valence-electron chi connectivity index (χ4n) is 1.56. The molecule has 1 aromatic carbocycles. The van der Waals surface area contributed by atoms with Crippen LogP contribution in [0, 0.1) is 17.2 Å². The van der Waals surface area contributed by atoms with Crippen molar-refractivity contribution in [2.75, 3.05) is 19.0 Å². The Morgan fingerprint density at radius 1 is 1.33 bits per heavy atom. The highest BCUT2D eigenvalue weighted by Crippen LogP contribution is 2.28. The summed E-state index contributed by atoms with van der Waals surface area (Å²) in [6, 6.07) is 7.29. The van der Waals surface area contributed by atoms with Crippen LogP contribution in [0.15, 0.2) is 18.2 Å². The molecule has 1 atom stereocenters. The topological polar surface area (TPSA) is 42.2 Å². The normalized spacial score (nSPS) is 11.7. The summed E-state index contributed by atoms with van der Waals surface area (Å²) in [6.07, 6.45) is 2.16. The minimum atomic E-state index is 0.576. The van der Waals surface area contributed by atoms with Gasteiger partial charge in [-0.1, -0.05) is 22.9 Å². The molecule has 0 N–H and O–H groups in total. The number of hydrogen-bond acceptors (Lipinski definition) is 3. The van der Waals surface area contributed by atoms with Gasteiger partial charge in [0.1, 0.15) is 0 Å². The monoisotopic (exact) mass is 311 g/mol. The van der Waals surface area contributed by atoms with Crippen LogP contribution in [-0.4, -0.2) is 19.0 Å². The van der Waals surface area contributed by atoms with Crippen LogP contribution in [0.4, 0.5) is 0 Å². The predicted octanol–water partition coefficient (Wildman–Crippen LogP) is 3.76. The zero-order valence-corrected chi connectivity index (χ0v) is 12.4. The van der Waals surface area contributed by atoms with Gasteiger partial charge in [0.2, 0.25) is 0 Å². The van der Waals surface area contributed by atoms with Gasteiger partial charge in [-0.25, -0.2) is 0 Å². The molecule has 0 bridgehead atoms. The fraction of sp³-hybridized carbons (Fsp3) is 0.500. The Bertz CT molecular complexity index is 415. The third kappa shape index (κ3) is 4.58. The number of methoxy groups -OCH3 is 1. The maximum atomic E-state index is 8.81. The van der Waals surface area contributed by atoms with E-state index in [1.54, 1.807) is 25.3 Å². The lowest BCUT2D eigenvalue weighted by molar-refractivity contribution is 0.267. The Hall–Kier alpha value is -1.21. The number of benzene rings is 1. The summed E-state index contributed by atoms with van der Waals surface area (Å²) in [5, 5.41) is 9.83. The van der Waals surface area contributed by atoms with Crippen LogP contribution in [0.2, 0.25) is 0 Å². The Labute approximate surface area is 117 Å². The second-order valence-electron chi connectivity index (χ2n) is 4.20. The summed E-state index contributed by atoms with van der Waals surface area (Å²) >= 11 is 3.43. The quantitative estimate of drug-likeness (QED) is 0.720. The number of nitrogens with zero attached hydrogens (tertiary/aromatic N) is 1. The molecule has 0 saturated carbocycles. The molecule has 0 radical (unpaired) electrons. The van der Waals surface area contributed by atoms with E-state index < -0.39 is 0 Å². The third-order valence-corrected chi connectivity index (χ3v) is 3.22. The molecule has 3 nitrogen and oxygen atoms in total. The molecule has 0 heterocycles. The van der Waals surface area contributed by atoms with E-state index in [1.165, 1.54) is 0 Å². The molecule has 18 heavy (non-hydrogen) atoms. The van der Waals surface area contributed by atoms with Crippen molar-refractivity contribution < 1.29 is 9.47 Å². The van der Waals surface area contributed by atoms with E-state index in [1.807, 2.05) is 0 Å². The molecule has 0 aliphatic heterocycles. The lowest BCUT2D eigenvalue weighted by Crippen LogP contribution is -2.05. The molecular weight excluding hydrogens is 294 g/mol. The molecule has 98 valence electrons. The number of alkyl halides is 1. The van der Waals surface area contributed by atoms with Gasteiger partial charge >= 0.3 is 0 Å². The molecule has 0 aliphatic rings. The highest BCUT2D eigenvalue weighted by atomic mass is 79.9. The summed E-state index contributed by atoms with van der Waals surface area (Å²) in [7, 11) is 1.58. The largest absolute Gasteiger partial charge is 0.493 e. The van der Waals surface area contributed by atoms with E-state index in [9.17, 15) is 0 Å². The predicted molar refractivity (Wildman–Crippen MR) is 75.4 cm³/mol. The van der Waals surface area contributed by atoms with Gasteiger partial charge in [-0.05, 0) is 30.9 Å². The third-order valence-electron chi connectivity index (χ3n) is 2.76. The molecule has 1 rings (SSSR count). The molecule has 0 fully saturated rings. The first-order valence-electron chi connectivity index (χ1n) is 5.98. The molecule has 1 aromatic rings. The molecule has 1 unspecified atom stereocenters. The van der Waals surface area contributed by atoms with Gasteiger partial charge in [-0.2, -0.15) is 5.26 Å². The van der Waals surface area contributed by atoms with Crippen LogP contribution in [0.3, 0.4) is 0 Å². The molecule has 0 aromatic heterocycles. The van der Waals surface area contributed by atoms with Crippen molar-refractivity contribution in [2.45, 2.75) is 19.8 Å². The Morgan fingerprint density at radius 2 is 2.11 bits per heavy atom. The highest BCUT2D eigenvalue weighted by molar-refractivity contribution is 9.09. The van der Waals surface area contributed by atoms with Gasteiger partial charge in [0.25, 0.3) is 0 Å². The van der Waals surface area contributed by atoms with Crippen LogP contribution in [0.25, 0.3) is 0 Å². The van der Waals surface area contributed by atoms with Crippen molar-refractivity contribution in [3.8, 4) is 17.6 Å². The summed E-state index contributed by atoms with van der Waals surface area (Å²) in [4.78, 5) is 0. The van der Waals surface area contributed by atoms with E-state index in [0.717, 1.165) is 18.2 Å². The van der Waals surface area contributed by atoms with Crippen LogP contribution >= 0.6 is 15.9 Å². The minimum Gasteiger partial charge on any atom is -0.493 e. The van der Waals surface area contributed by atoms with E-state index in [-0.39, 0.29) is 0 Å². The summed E-state index contributed by atoms with van der Waals surface area (Å²) < 4.78 is 10.9. The average molecular weight is 312 g/mol. The lowest BCUT2D eigenvalue weighted by atomic mass is 10.1. The van der Waals surface area contributed by atoms with E-state index in [4.69, 9.17) is 14.7 Å². The Kier molecular flexibility index (Phi) is 6.59. The highest BCUT2D eigenvalue weighted by Gasteiger charge is 2.07. The van der Waals surface area contributed by atoms with Crippen molar-refractivity contribution in [2.24, 2.45) is 5.92 Å². The minimum absolute atomic E-state index is 0.576. The van der Waals surface area contributed by atoms with Gasteiger partial charge in [-0.15, -0.1) is 0 Å². The van der Waals surface area contributed by atoms with Gasteiger partial charge in [-0.3, -0.25) is 0 Å². The summed E-state index contributed by atoms with van der Waals surface area (Å²) in [6.45, 7) is 2.87. The van der Waals surface area contributed by atoms with E-state index >= 15 is 0 Å². The number of nitriles is 1. The molecule has 0 amide bonds. The SMILES string of the molecule is COc1cc(C#N)ccc1OCCC(C)CCBr. The standard InChI is InChI=1S/C14H18BrNO2/c1-11(5-7-15)6-8-18-13-4-3-12(10-16)9-14(13)17-2/h3-4,9,11H,5-8H2,1-2H3. The maximum absolute atomic E-state index is 8.81. The molecule has 0 spiro atoms. The number of hydrogen-bond donors (Lipinski definition) is 0. The first-order valence-corrected chi connectivity index (χ1v) is 7.10. The smallest absolute Gasteiger partial charge is 0.162 e. The average Bonchev–Trinajstić information content (AvgIpc) is 2.39. The van der Waals surface area contributed by atoms with Crippen molar-refractivity contribution in [1.29, 1.82) is 5.26 Å². The number of rotatable bonds is 7. The Morgan fingerprint density at radius 3 is 2.72 bits per heavy atom. The van der Waals surface area contributed by atoms with E-state index in [2.05, 4.69) is 28.9 Å². The molecule has 4 heteroatoms. The summed E-state index contributed by atoms with van der Waals surface area (Å²) in [5.74, 6) is 1.94. The first-order chi connectivity index (χ1) is 8.71.